The molecule has 672 valence electrons. The topological polar surface area (TPSA) is 355 Å². The second-order valence-corrected chi connectivity index (χ2v) is 31.4. The van der Waals surface area contributed by atoms with Crippen molar-refractivity contribution in [3.05, 3.63) is 224 Å². The van der Waals surface area contributed by atoms with Gasteiger partial charge >= 0.3 is 48.0 Å². The zero-order valence-electron chi connectivity index (χ0n) is 73.3. The molecule has 0 radical (unpaired) electrons. The lowest BCUT2D eigenvalue weighted by molar-refractivity contribution is -0.139. The van der Waals surface area contributed by atoms with E-state index in [4.69, 9.17) is 40.4 Å². The van der Waals surface area contributed by atoms with Gasteiger partial charge in [-0.3, -0.25) is 47.9 Å². The van der Waals surface area contributed by atoms with E-state index in [0.717, 1.165) is 90.8 Å². The first-order chi connectivity index (χ1) is 59.9. The molecule has 29 nitrogen and oxygen atoms in total. The molecule has 7 aromatic carbocycles. The zero-order valence-corrected chi connectivity index (χ0v) is 74.0. The van der Waals surface area contributed by atoms with Crippen LogP contribution >= 0.6 is 11.6 Å². The number of aromatic nitrogens is 6. The summed E-state index contributed by atoms with van der Waals surface area (Å²) in [6.45, 7) is 4.43. The summed E-state index contributed by atoms with van der Waals surface area (Å²) in [4.78, 5) is 105. The van der Waals surface area contributed by atoms with Gasteiger partial charge in [0, 0.05) is 180 Å². The van der Waals surface area contributed by atoms with Crippen LogP contribution in [-0.4, -0.2) is 203 Å². The van der Waals surface area contributed by atoms with Crippen molar-refractivity contribution >= 4 is 114 Å². The molecule has 0 atom stereocenters. The SMILES string of the molecule is CC(=O)Oc1cc2c(CC(=O)O)c(CN(C)C)n(C)c2cc1-c1ccccc1.CC(=O)Oc1cc2c(CC(=O)O)c(CN(C)C)n(C)c2cc1-c1cccnc1.COc1cc2c(CC(=O)O)c(CN(C)C)n(C)c2cc1C(F)(F)F.COc1cc2c(CC(=O)O)c(CN(C)C)n(C)c2cc1F.COc1ccc2c(c1)c(CC(=O)O)c(CO)n2C(=O)c1ccc(Cl)cc1. The van der Waals surface area contributed by atoms with Gasteiger partial charge in [-0.2, -0.15) is 13.2 Å². The summed E-state index contributed by atoms with van der Waals surface area (Å²) in [6, 6.07) is 37.5. The summed E-state index contributed by atoms with van der Waals surface area (Å²) >= 11 is 5.87. The average molecular weight is 1770 g/mol. The smallest absolute Gasteiger partial charge is 0.420 e. The van der Waals surface area contributed by atoms with Gasteiger partial charge in [-0.15, -0.1) is 0 Å². The number of halogens is 5. The van der Waals surface area contributed by atoms with E-state index < -0.39 is 65.9 Å². The van der Waals surface area contributed by atoms with Crippen LogP contribution in [0.25, 0.3) is 76.8 Å². The maximum absolute atomic E-state index is 13.9. The highest BCUT2D eigenvalue weighted by molar-refractivity contribution is 6.30. The van der Waals surface area contributed by atoms with Crippen molar-refractivity contribution in [3.63, 3.8) is 0 Å². The van der Waals surface area contributed by atoms with E-state index in [1.807, 2.05) is 165 Å². The maximum atomic E-state index is 13.9. The van der Waals surface area contributed by atoms with Crippen molar-refractivity contribution in [2.75, 3.05) is 77.7 Å². The fourth-order valence-corrected chi connectivity index (χ4v) is 15.5. The first-order valence-electron chi connectivity index (χ1n) is 39.4. The van der Waals surface area contributed by atoms with E-state index in [-0.39, 0.29) is 55.2 Å². The molecule has 0 fully saturated rings. The molecular weight excluding hydrogens is 1670 g/mol. The second-order valence-electron chi connectivity index (χ2n) is 31.0. The van der Waals surface area contributed by atoms with E-state index in [2.05, 4.69) is 4.98 Å². The molecule has 0 aliphatic heterocycles. The quantitative estimate of drug-likeness (QED) is 0.0158. The predicted molar refractivity (Wildman–Crippen MR) is 473 cm³/mol. The summed E-state index contributed by atoms with van der Waals surface area (Å²) < 4.78 is 88.5. The van der Waals surface area contributed by atoms with Crippen LogP contribution in [0, 0.1) is 5.82 Å². The van der Waals surface area contributed by atoms with Gasteiger partial charge in [-0.1, -0.05) is 48.0 Å². The number of ether oxygens (including phenoxy) is 5. The fraction of sp³-hybridized carbons (Fsp3) is 0.301. The van der Waals surface area contributed by atoms with Crippen LogP contribution in [0.5, 0.6) is 28.7 Å². The molecule has 34 heteroatoms. The lowest BCUT2D eigenvalue weighted by atomic mass is 10.0. The number of esters is 2. The molecule has 13 aromatic rings. The number of aliphatic hydroxyl groups is 1. The first kappa shape index (κ1) is 97.4. The molecule has 0 unspecified atom stereocenters. The molecule has 0 amide bonds. The number of benzene rings is 7. The standard InChI is InChI=1S/C22H24N2O4.C21H23N3O4.C19H16ClNO5.C16H19F3N2O3.C15H19FN2O3/c1-14(25)28-21-11-17-18(12-22(26)27)20(13-23(2)3)24(4)19(17)10-16(21)15-8-6-5-7-9-15;1-13(25)28-20-9-16-17(10-21(26)27)19(12-23(2)3)24(4)18(16)8-15(20)14-6-5-7-22-11-14;1-26-13-6-7-16-14(8-13)15(9-18(23)24)17(10-22)21(16)19(25)11-2-4-12(20)5-3-11;1-20(2)8-13-10(6-15(22)23)9-5-14(24-4)11(16(17,18)19)7-12(9)21(13)3;1-17(2)8-13-10(6-15(19)20)9-5-14(21-4)11(16)7-12(9)18(13)3/h5-11H,12-13H2,1-4H3,(H,26,27);5-9,11H,10,12H2,1-4H3,(H,26,27);2-8,22H,9-10H2,1H3,(H,23,24);5,7H,6,8H2,1-4H3,(H,22,23);5,7H,6,8H2,1-4H3,(H,19,20). The highest BCUT2D eigenvalue weighted by Gasteiger charge is 2.36. The zero-order chi connectivity index (χ0) is 93.7. The van der Waals surface area contributed by atoms with E-state index in [9.17, 15) is 81.5 Å². The van der Waals surface area contributed by atoms with Gasteiger partial charge in [-0.05, 0) is 181 Å². The summed E-state index contributed by atoms with van der Waals surface area (Å²) in [5.41, 5.74) is 12.7. The number of carboxylic acids is 5. The number of rotatable bonds is 27. The number of methoxy groups -OCH3 is 3. The van der Waals surface area contributed by atoms with Crippen molar-refractivity contribution in [2.45, 2.75) is 84.9 Å². The molecule has 6 heterocycles. The van der Waals surface area contributed by atoms with Crippen LogP contribution in [0.3, 0.4) is 0 Å². The number of carbonyl (C=O) groups excluding carboxylic acids is 3. The third-order valence-corrected chi connectivity index (χ3v) is 21.0. The van der Waals surface area contributed by atoms with Crippen molar-refractivity contribution in [3.8, 4) is 51.0 Å². The Kier molecular flexibility index (Phi) is 32.2. The minimum atomic E-state index is -4.56. The van der Waals surface area contributed by atoms with Crippen LogP contribution in [-0.2, 0) is 133 Å². The van der Waals surface area contributed by atoms with Gasteiger partial charge in [-0.25, -0.2) is 4.39 Å². The molecule has 0 saturated carbocycles. The number of hydrogen-bond acceptors (Lipinski definition) is 19. The van der Waals surface area contributed by atoms with Crippen molar-refractivity contribution in [1.29, 1.82) is 0 Å². The van der Waals surface area contributed by atoms with E-state index in [1.54, 1.807) is 84.7 Å². The Morgan fingerprint density at radius 1 is 0.425 bits per heavy atom. The van der Waals surface area contributed by atoms with Crippen LogP contribution in [0.1, 0.15) is 86.1 Å². The Bertz CT molecular complexity index is 6120. The van der Waals surface area contributed by atoms with Crippen molar-refractivity contribution < 1.29 is 110 Å². The molecule has 127 heavy (non-hydrogen) atoms. The number of nitrogens with zero attached hydrogens (tertiary/aromatic N) is 10. The largest absolute Gasteiger partial charge is 0.497 e. The summed E-state index contributed by atoms with van der Waals surface area (Å²) in [6.07, 6.45) is -2.06. The number of aliphatic carboxylic acids is 5. The highest BCUT2D eigenvalue weighted by atomic mass is 35.5. The van der Waals surface area contributed by atoms with Gasteiger partial charge in [0.05, 0.1) is 82.3 Å². The summed E-state index contributed by atoms with van der Waals surface area (Å²) in [5, 5.41) is 60.1. The normalized spacial score (nSPS) is 11.3. The summed E-state index contributed by atoms with van der Waals surface area (Å²) in [7, 11) is 26.6. The number of alkyl halides is 3. The molecule has 0 aliphatic carbocycles. The molecule has 0 bridgehead atoms. The number of aryl methyl sites for hydroxylation is 4. The van der Waals surface area contributed by atoms with Gasteiger partial charge in [0.1, 0.15) is 23.0 Å². The van der Waals surface area contributed by atoms with Gasteiger partial charge in [0.25, 0.3) is 5.91 Å². The Hall–Kier alpha value is -13.4. The van der Waals surface area contributed by atoms with E-state index in [0.29, 0.717) is 104 Å². The third kappa shape index (κ3) is 23.2. The number of pyridine rings is 1. The molecule has 13 rings (SSSR count). The summed E-state index contributed by atoms with van der Waals surface area (Å²) in [5.74, 6) is -5.33. The molecule has 0 aliphatic rings. The number of aliphatic hydroxyl groups excluding tert-OH is 1. The predicted octanol–water partition coefficient (Wildman–Crippen LogP) is 14.3. The number of carbonyl (C=O) groups is 8. The Morgan fingerprint density at radius 3 is 1.14 bits per heavy atom. The number of fused-ring (bicyclic) bond motifs is 5. The maximum Gasteiger partial charge on any atom is 0.420 e. The third-order valence-electron chi connectivity index (χ3n) is 20.7. The van der Waals surface area contributed by atoms with Crippen LogP contribution in [0.4, 0.5) is 17.6 Å². The lowest BCUT2D eigenvalue weighted by Gasteiger charge is -2.13. The highest BCUT2D eigenvalue weighted by Crippen LogP contribution is 2.44. The Labute approximate surface area is 733 Å². The van der Waals surface area contributed by atoms with Gasteiger partial charge in [0.2, 0.25) is 0 Å². The van der Waals surface area contributed by atoms with E-state index >= 15 is 0 Å². The van der Waals surface area contributed by atoms with Gasteiger partial charge in [0.15, 0.2) is 11.6 Å². The van der Waals surface area contributed by atoms with Crippen LogP contribution in [0.2, 0.25) is 5.02 Å². The fourth-order valence-electron chi connectivity index (χ4n) is 15.3. The first-order valence-corrected chi connectivity index (χ1v) is 39.8. The molecule has 6 aromatic heterocycles. The van der Waals surface area contributed by atoms with E-state index in [1.165, 1.54) is 44.8 Å². The minimum Gasteiger partial charge on any atom is -0.497 e. The van der Waals surface area contributed by atoms with Gasteiger partial charge < -0.3 is 92.2 Å². The molecular formula is C93H101ClF4N10O19. The average Bonchev–Trinajstić information content (AvgIpc) is 1.63. The van der Waals surface area contributed by atoms with Crippen molar-refractivity contribution in [2.24, 2.45) is 28.2 Å². The molecule has 0 saturated heterocycles. The van der Waals surface area contributed by atoms with Crippen LogP contribution < -0.4 is 23.7 Å². The second kappa shape index (κ2) is 42.0. The molecule has 0 spiro atoms. The number of carboxylic acid groups (broad SMARTS) is 5. The monoisotopic (exact) mass is 1770 g/mol. The van der Waals surface area contributed by atoms with Crippen LogP contribution in [0.15, 0.2) is 146 Å². The molecule has 6 N–H and O–H groups in total. The number of hydrogen-bond donors (Lipinski definition) is 6. The Morgan fingerprint density at radius 2 is 0.787 bits per heavy atom. The minimum absolute atomic E-state index is 0.0926. The Balaban J connectivity index is 0.000000180. The lowest BCUT2D eigenvalue weighted by Crippen LogP contribution is -2.16. The van der Waals surface area contributed by atoms with Crippen molar-refractivity contribution in [1.82, 2.24) is 47.4 Å².